The van der Waals surface area contributed by atoms with Gasteiger partial charge in [-0.1, -0.05) is 43.7 Å². The first-order valence-electron chi connectivity index (χ1n) is 8.91. The highest BCUT2D eigenvalue weighted by Crippen LogP contribution is 2.21. The van der Waals surface area contributed by atoms with Gasteiger partial charge >= 0.3 is 11.9 Å². The third kappa shape index (κ3) is 4.53. The van der Waals surface area contributed by atoms with Gasteiger partial charge in [-0.2, -0.15) is 5.48 Å². The number of amides is 1. The molecule has 1 N–H and O–H groups in total. The SMILES string of the molecule is CCCCC(=O)ONC(=O)c1cc2ccccc2n1Cc1ccc(F)cc1. The van der Waals surface area contributed by atoms with Crippen LogP contribution in [0.5, 0.6) is 0 Å². The Balaban J connectivity index is 1.84. The molecule has 5 nitrogen and oxygen atoms in total. The van der Waals surface area contributed by atoms with Gasteiger partial charge in [-0.3, -0.25) is 4.79 Å². The second-order valence-corrected chi connectivity index (χ2v) is 6.31. The molecule has 0 unspecified atom stereocenters. The number of halogens is 1. The Bertz CT molecular complexity index is 948. The second-order valence-electron chi connectivity index (χ2n) is 6.31. The molecular formula is C21H21FN2O3. The topological polar surface area (TPSA) is 60.3 Å². The van der Waals surface area contributed by atoms with E-state index in [4.69, 9.17) is 4.84 Å². The number of aromatic nitrogens is 1. The number of hydrogen-bond donors (Lipinski definition) is 1. The Kier molecular flexibility index (Phi) is 5.86. The monoisotopic (exact) mass is 368 g/mol. The van der Waals surface area contributed by atoms with Gasteiger partial charge in [-0.05, 0) is 36.2 Å². The van der Waals surface area contributed by atoms with Crippen molar-refractivity contribution in [2.24, 2.45) is 0 Å². The highest BCUT2D eigenvalue weighted by molar-refractivity contribution is 5.98. The van der Waals surface area contributed by atoms with Gasteiger partial charge in [0.05, 0.1) is 0 Å². The normalized spacial score (nSPS) is 10.7. The molecule has 0 spiro atoms. The van der Waals surface area contributed by atoms with Crippen molar-refractivity contribution < 1.29 is 18.8 Å². The zero-order valence-corrected chi connectivity index (χ0v) is 15.1. The predicted molar refractivity (Wildman–Crippen MR) is 101 cm³/mol. The summed E-state index contributed by atoms with van der Waals surface area (Å²) < 4.78 is 15.0. The van der Waals surface area contributed by atoms with Gasteiger partial charge in [0.25, 0.3) is 0 Å². The van der Waals surface area contributed by atoms with Crippen LogP contribution < -0.4 is 5.48 Å². The van der Waals surface area contributed by atoms with E-state index in [-0.39, 0.29) is 12.2 Å². The van der Waals surface area contributed by atoms with E-state index in [9.17, 15) is 14.0 Å². The molecule has 0 bridgehead atoms. The molecule has 1 heterocycles. The Labute approximate surface area is 156 Å². The van der Waals surface area contributed by atoms with E-state index in [1.807, 2.05) is 35.8 Å². The second kappa shape index (κ2) is 8.49. The Morgan fingerprint density at radius 1 is 1.11 bits per heavy atom. The van der Waals surface area contributed by atoms with Crippen LogP contribution in [-0.2, 0) is 16.2 Å². The van der Waals surface area contributed by atoms with Crippen molar-refractivity contribution in [2.75, 3.05) is 0 Å². The van der Waals surface area contributed by atoms with Crippen molar-refractivity contribution in [1.29, 1.82) is 0 Å². The van der Waals surface area contributed by atoms with Crippen molar-refractivity contribution >= 4 is 22.8 Å². The summed E-state index contributed by atoms with van der Waals surface area (Å²) in [7, 11) is 0. The van der Waals surface area contributed by atoms with Crippen LogP contribution in [0, 0.1) is 5.82 Å². The number of rotatable bonds is 6. The fourth-order valence-electron chi connectivity index (χ4n) is 2.87. The maximum atomic E-state index is 13.2. The molecule has 1 amide bonds. The minimum absolute atomic E-state index is 0.259. The highest BCUT2D eigenvalue weighted by Gasteiger charge is 2.17. The van der Waals surface area contributed by atoms with Gasteiger partial charge in [0.2, 0.25) is 0 Å². The van der Waals surface area contributed by atoms with E-state index < -0.39 is 11.9 Å². The van der Waals surface area contributed by atoms with E-state index in [2.05, 4.69) is 5.48 Å². The van der Waals surface area contributed by atoms with Gasteiger partial charge in [-0.25, -0.2) is 9.18 Å². The smallest absolute Gasteiger partial charge is 0.332 e. The molecule has 6 heteroatoms. The maximum Gasteiger partial charge on any atom is 0.332 e. The summed E-state index contributed by atoms with van der Waals surface area (Å²) in [5.74, 6) is -1.28. The summed E-state index contributed by atoms with van der Waals surface area (Å²) in [6.45, 7) is 2.36. The van der Waals surface area contributed by atoms with Gasteiger partial charge in [0, 0.05) is 23.9 Å². The van der Waals surface area contributed by atoms with Crippen molar-refractivity contribution in [3.8, 4) is 0 Å². The number of unbranched alkanes of at least 4 members (excludes halogenated alkanes) is 1. The summed E-state index contributed by atoms with van der Waals surface area (Å²) in [5, 5.41) is 0.891. The molecule has 3 rings (SSSR count). The van der Waals surface area contributed by atoms with Crippen LogP contribution in [-0.4, -0.2) is 16.4 Å². The summed E-state index contributed by atoms with van der Waals surface area (Å²) in [6, 6.07) is 15.4. The molecule has 1 aromatic heterocycles. The lowest BCUT2D eigenvalue weighted by Gasteiger charge is -2.11. The predicted octanol–water partition coefficient (Wildman–Crippen LogP) is 4.21. The van der Waals surface area contributed by atoms with Crippen LogP contribution >= 0.6 is 0 Å². The van der Waals surface area contributed by atoms with Crippen LogP contribution in [0.4, 0.5) is 4.39 Å². The molecule has 0 aliphatic heterocycles. The van der Waals surface area contributed by atoms with Crippen LogP contribution in [0.1, 0.15) is 42.2 Å². The van der Waals surface area contributed by atoms with Crippen LogP contribution in [0.25, 0.3) is 10.9 Å². The standard InChI is InChI=1S/C21H21FN2O3/c1-2-3-8-20(25)27-23-21(26)19-13-16-6-4-5-7-18(16)24(19)14-15-9-11-17(22)12-10-15/h4-7,9-13H,2-3,8,14H2,1H3,(H,23,26). The minimum atomic E-state index is -0.502. The summed E-state index contributed by atoms with van der Waals surface area (Å²) in [4.78, 5) is 29.1. The molecule has 0 aliphatic carbocycles. The molecule has 0 radical (unpaired) electrons. The number of carbonyl (C=O) groups excluding carboxylic acids is 2. The largest absolute Gasteiger partial charge is 0.340 e. The first-order chi connectivity index (χ1) is 13.1. The fraction of sp³-hybridized carbons (Fsp3) is 0.238. The van der Waals surface area contributed by atoms with Gasteiger partial charge < -0.3 is 9.40 Å². The molecule has 0 atom stereocenters. The Hall–Kier alpha value is -3.15. The first kappa shape index (κ1) is 18.6. The van der Waals surface area contributed by atoms with E-state index in [1.165, 1.54) is 12.1 Å². The molecular weight excluding hydrogens is 347 g/mol. The summed E-state index contributed by atoms with van der Waals surface area (Å²) in [6.07, 6.45) is 1.84. The molecule has 140 valence electrons. The van der Waals surface area contributed by atoms with E-state index in [1.54, 1.807) is 18.2 Å². The van der Waals surface area contributed by atoms with Crippen LogP contribution in [0.2, 0.25) is 0 Å². The van der Waals surface area contributed by atoms with Gasteiger partial charge in [-0.15, -0.1) is 0 Å². The lowest BCUT2D eigenvalue weighted by molar-refractivity contribution is -0.149. The van der Waals surface area contributed by atoms with Crippen LogP contribution in [0.15, 0.2) is 54.6 Å². The number of para-hydroxylation sites is 1. The summed E-state index contributed by atoms with van der Waals surface area (Å²) in [5.41, 5.74) is 4.32. The van der Waals surface area contributed by atoms with E-state index >= 15 is 0 Å². The van der Waals surface area contributed by atoms with Crippen molar-refractivity contribution in [3.63, 3.8) is 0 Å². The zero-order valence-electron chi connectivity index (χ0n) is 15.1. The molecule has 2 aromatic carbocycles. The molecule has 0 fully saturated rings. The number of nitrogens with one attached hydrogen (secondary N) is 1. The minimum Gasteiger partial charge on any atom is -0.340 e. The average Bonchev–Trinajstić information content (AvgIpc) is 3.05. The Morgan fingerprint density at radius 2 is 1.85 bits per heavy atom. The lowest BCUT2D eigenvalue weighted by Crippen LogP contribution is -2.29. The van der Waals surface area contributed by atoms with Crippen molar-refractivity contribution in [1.82, 2.24) is 10.0 Å². The highest BCUT2D eigenvalue weighted by atomic mass is 19.1. The number of hydroxylamine groups is 1. The van der Waals surface area contributed by atoms with E-state index in [0.29, 0.717) is 18.7 Å². The third-order valence-corrected chi connectivity index (χ3v) is 4.29. The molecule has 0 aliphatic rings. The average molecular weight is 368 g/mol. The molecule has 0 saturated carbocycles. The number of benzene rings is 2. The molecule has 3 aromatic rings. The molecule has 0 saturated heterocycles. The molecule has 27 heavy (non-hydrogen) atoms. The van der Waals surface area contributed by atoms with E-state index in [0.717, 1.165) is 22.9 Å². The number of nitrogens with zero attached hydrogens (tertiary/aromatic N) is 1. The van der Waals surface area contributed by atoms with Crippen molar-refractivity contribution in [3.05, 3.63) is 71.7 Å². The third-order valence-electron chi connectivity index (χ3n) is 4.29. The summed E-state index contributed by atoms with van der Waals surface area (Å²) >= 11 is 0. The van der Waals surface area contributed by atoms with Gasteiger partial charge in [0.15, 0.2) is 0 Å². The number of hydrogen-bond acceptors (Lipinski definition) is 3. The van der Waals surface area contributed by atoms with Gasteiger partial charge in [0.1, 0.15) is 11.5 Å². The first-order valence-corrected chi connectivity index (χ1v) is 8.91. The Morgan fingerprint density at radius 3 is 2.59 bits per heavy atom. The lowest BCUT2D eigenvalue weighted by atomic mass is 10.2. The number of carbonyl (C=O) groups is 2. The quantitative estimate of drug-likeness (QED) is 0.663. The fourth-order valence-corrected chi connectivity index (χ4v) is 2.87. The van der Waals surface area contributed by atoms with Crippen molar-refractivity contribution in [2.45, 2.75) is 32.7 Å². The van der Waals surface area contributed by atoms with Crippen LogP contribution in [0.3, 0.4) is 0 Å². The number of fused-ring (bicyclic) bond motifs is 1. The zero-order chi connectivity index (χ0) is 19.2. The maximum absolute atomic E-state index is 13.2.